The van der Waals surface area contributed by atoms with Gasteiger partial charge in [0.05, 0.1) is 0 Å². The molecule has 0 aromatic heterocycles. The van der Waals surface area contributed by atoms with Crippen molar-refractivity contribution in [3.8, 4) is 0 Å². The lowest BCUT2D eigenvalue weighted by Crippen LogP contribution is -1.07. The van der Waals surface area contributed by atoms with E-state index in [1.54, 1.807) is 6.08 Å². The quantitative estimate of drug-likeness (QED) is 0.416. The molecule has 0 radical (unpaired) electrons. The lowest BCUT2D eigenvalue weighted by molar-refractivity contribution is 1.80. The molecule has 0 spiro atoms. The summed E-state index contributed by atoms with van der Waals surface area (Å²) in [4.78, 5) is 0. The Morgan fingerprint density at radius 1 is 1.33 bits per heavy atom. The Labute approximate surface area is 46.0 Å². The average molecular weight is 107 g/mol. The predicted octanol–water partition coefficient (Wildman–Crippen LogP) is 2.42. The highest BCUT2D eigenvalue weighted by Crippen LogP contribution is 1.38. The molecular formula is C5H11Cl. The van der Waals surface area contributed by atoms with Gasteiger partial charge in [0.1, 0.15) is 0 Å². The minimum absolute atomic E-state index is 0. The third kappa shape index (κ3) is 547. The second-order valence-electron chi connectivity index (χ2n) is 0.408. The standard InChI is InChI=1S/C3H6.C2H4.ClH/c1-3-2;1-2;/h3H,1H2,2H3;1-2H2;1H. The maximum Gasteiger partial charge on any atom is -0.0473 e. The minimum atomic E-state index is 0. The van der Waals surface area contributed by atoms with Gasteiger partial charge in [0.2, 0.25) is 0 Å². The molecule has 0 aliphatic carbocycles. The summed E-state index contributed by atoms with van der Waals surface area (Å²) < 4.78 is 0. The predicted molar refractivity (Wildman–Crippen MR) is 34.4 cm³/mol. The van der Waals surface area contributed by atoms with Crippen LogP contribution in [0.4, 0.5) is 0 Å². The van der Waals surface area contributed by atoms with Gasteiger partial charge in [-0.3, -0.25) is 0 Å². The van der Waals surface area contributed by atoms with Crippen molar-refractivity contribution in [1.82, 2.24) is 0 Å². The number of rotatable bonds is 0. The highest BCUT2D eigenvalue weighted by atomic mass is 35.5. The smallest absolute Gasteiger partial charge is 0.0473 e. The molecule has 0 fully saturated rings. The van der Waals surface area contributed by atoms with Crippen LogP contribution in [0.3, 0.4) is 0 Å². The topological polar surface area (TPSA) is 0 Å². The maximum atomic E-state index is 3.36. The Morgan fingerprint density at radius 2 is 1.33 bits per heavy atom. The molecule has 0 bridgehead atoms. The van der Waals surface area contributed by atoms with Crippen molar-refractivity contribution >= 4 is 12.4 Å². The SMILES string of the molecule is C=C.C=CC.Cl. The van der Waals surface area contributed by atoms with E-state index in [9.17, 15) is 0 Å². The number of hydrogen-bond donors (Lipinski definition) is 0. The molecule has 0 N–H and O–H groups in total. The molecule has 0 aromatic carbocycles. The van der Waals surface area contributed by atoms with Gasteiger partial charge in [-0.15, -0.1) is 32.1 Å². The van der Waals surface area contributed by atoms with Crippen molar-refractivity contribution in [2.24, 2.45) is 0 Å². The Hall–Kier alpha value is -0.230. The van der Waals surface area contributed by atoms with Gasteiger partial charge in [-0.2, -0.15) is 0 Å². The van der Waals surface area contributed by atoms with Gasteiger partial charge in [0, 0.05) is 0 Å². The molecule has 0 atom stereocenters. The molecule has 6 heavy (non-hydrogen) atoms. The average Bonchev–Trinajstić information content (AvgIpc) is 1.46. The molecule has 0 saturated heterocycles. The molecule has 0 saturated carbocycles. The number of halogens is 1. The lowest BCUT2D eigenvalue weighted by Gasteiger charge is -1.31. The first kappa shape index (κ1) is 17.1. The third-order valence-electron chi connectivity index (χ3n) is 0. The second-order valence-corrected chi connectivity index (χ2v) is 0.408. The van der Waals surface area contributed by atoms with E-state index in [4.69, 9.17) is 0 Å². The van der Waals surface area contributed by atoms with Crippen LogP contribution in [0.2, 0.25) is 0 Å². The molecule has 0 aliphatic heterocycles. The van der Waals surface area contributed by atoms with Crippen LogP contribution in [-0.4, -0.2) is 0 Å². The van der Waals surface area contributed by atoms with Gasteiger partial charge >= 0.3 is 0 Å². The lowest BCUT2D eigenvalue weighted by atomic mass is 10.8. The largest absolute Gasteiger partial charge is 0.147 e. The first-order valence-electron chi connectivity index (χ1n) is 1.49. The monoisotopic (exact) mass is 106 g/mol. The van der Waals surface area contributed by atoms with Gasteiger partial charge in [-0.1, -0.05) is 6.08 Å². The molecule has 0 rings (SSSR count). The fourth-order valence-corrected chi connectivity index (χ4v) is 0. The normalized spacial score (nSPS) is 2.83. The zero-order chi connectivity index (χ0) is 4.71. The van der Waals surface area contributed by atoms with Crippen LogP contribution in [0.5, 0.6) is 0 Å². The van der Waals surface area contributed by atoms with E-state index in [1.165, 1.54) is 0 Å². The summed E-state index contributed by atoms with van der Waals surface area (Å²) >= 11 is 0. The van der Waals surface area contributed by atoms with Crippen molar-refractivity contribution in [2.45, 2.75) is 6.92 Å². The van der Waals surface area contributed by atoms with E-state index >= 15 is 0 Å². The number of allylic oxidation sites excluding steroid dienone is 1. The van der Waals surface area contributed by atoms with Crippen molar-refractivity contribution in [3.05, 3.63) is 25.8 Å². The molecule has 1 heteroatoms. The van der Waals surface area contributed by atoms with Crippen LogP contribution >= 0.6 is 12.4 Å². The third-order valence-corrected chi connectivity index (χ3v) is 0. The minimum Gasteiger partial charge on any atom is -0.147 e. The molecule has 38 valence electrons. The molecule has 0 unspecified atom stereocenters. The first-order valence-corrected chi connectivity index (χ1v) is 1.49. The zero-order valence-corrected chi connectivity index (χ0v) is 4.92. The fourth-order valence-electron chi connectivity index (χ4n) is 0. The summed E-state index contributed by atoms with van der Waals surface area (Å²) in [7, 11) is 0. The van der Waals surface area contributed by atoms with Gasteiger partial charge in [0.15, 0.2) is 0 Å². The Balaban J connectivity index is -0.0000000275. The van der Waals surface area contributed by atoms with E-state index in [-0.39, 0.29) is 12.4 Å². The van der Waals surface area contributed by atoms with Gasteiger partial charge in [0.25, 0.3) is 0 Å². The maximum absolute atomic E-state index is 3.36. The van der Waals surface area contributed by atoms with Gasteiger partial charge in [-0.05, 0) is 6.92 Å². The van der Waals surface area contributed by atoms with Crippen LogP contribution in [0.1, 0.15) is 6.92 Å². The molecular weight excluding hydrogens is 95.5 g/mol. The van der Waals surface area contributed by atoms with E-state index in [0.29, 0.717) is 0 Å². The van der Waals surface area contributed by atoms with E-state index < -0.39 is 0 Å². The molecule has 0 aromatic rings. The highest BCUT2D eigenvalue weighted by Gasteiger charge is 1.15. The van der Waals surface area contributed by atoms with Gasteiger partial charge in [-0.25, -0.2) is 0 Å². The first-order chi connectivity index (χ1) is 2.41. The zero-order valence-electron chi connectivity index (χ0n) is 4.11. The Bertz CT molecular complexity index is 17.9. The van der Waals surface area contributed by atoms with Crippen molar-refractivity contribution in [1.29, 1.82) is 0 Å². The van der Waals surface area contributed by atoms with Crippen molar-refractivity contribution in [2.75, 3.05) is 0 Å². The van der Waals surface area contributed by atoms with Crippen LogP contribution in [-0.2, 0) is 0 Å². The summed E-state index contributed by atoms with van der Waals surface area (Å²) in [5.74, 6) is 0. The Morgan fingerprint density at radius 3 is 1.33 bits per heavy atom. The van der Waals surface area contributed by atoms with Crippen LogP contribution in [0.15, 0.2) is 25.8 Å². The molecule has 0 heterocycles. The summed E-state index contributed by atoms with van der Waals surface area (Å²) in [5.41, 5.74) is 0. The summed E-state index contributed by atoms with van der Waals surface area (Å²) in [6.07, 6.45) is 1.75. The molecule has 0 amide bonds. The second kappa shape index (κ2) is 114. The Kier molecular flexibility index (Phi) is 326. The van der Waals surface area contributed by atoms with E-state index in [1.807, 2.05) is 6.92 Å². The summed E-state index contributed by atoms with van der Waals surface area (Å²) in [6, 6.07) is 0. The molecule has 0 aliphatic rings. The van der Waals surface area contributed by atoms with Crippen molar-refractivity contribution in [3.63, 3.8) is 0 Å². The molecule has 0 nitrogen and oxygen atoms in total. The fraction of sp³-hybridized carbons (Fsp3) is 0.200. The summed E-state index contributed by atoms with van der Waals surface area (Å²) in [5, 5.41) is 0. The van der Waals surface area contributed by atoms with Crippen LogP contribution < -0.4 is 0 Å². The van der Waals surface area contributed by atoms with Crippen molar-refractivity contribution < 1.29 is 0 Å². The van der Waals surface area contributed by atoms with E-state index in [0.717, 1.165) is 0 Å². The number of hydrogen-bond acceptors (Lipinski definition) is 0. The highest BCUT2D eigenvalue weighted by molar-refractivity contribution is 5.85. The summed E-state index contributed by atoms with van der Waals surface area (Å²) in [6.45, 7) is 11.2. The van der Waals surface area contributed by atoms with Gasteiger partial charge < -0.3 is 0 Å². The van der Waals surface area contributed by atoms with Crippen LogP contribution in [0, 0.1) is 0 Å². The van der Waals surface area contributed by atoms with E-state index in [2.05, 4.69) is 19.7 Å². The van der Waals surface area contributed by atoms with Crippen LogP contribution in [0.25, 0.3) is 0 Å².